The fourth-order valence-electron chi connectivity index (χ4n) is 1.55. The zero-order valence-corrected chi connectivity index (χ0v) is 10.1. The van der Waals surface area contributed by atoms with Crippen LogP contribution in [0.5, 0.6) is 11.5 Å². The Hall–Kier alpha value is -2.57. The Morgan fingerprint density at radius 2 is 2.00 bits per heavy atom. The molecule has 1 heterocycles. The van der Waals surface area contributed by atoms with Gasteiger partial charge in [-0.3, -0.25) is 10.4 Å². The van der Waals surface area contributed by atoms with Crippen LogP contribution in [0, 0.1) is 5.41 Å². The van der Waals surface area contributed by atoms with Crippen molar-refractivity contribution in [2.75, 3.05) is 0 Å². The van der Waals surface area contributed by atoms with Gasteiger partial charge in [-0.2, -0.15) is 13.2 Å². The number of amidine groups is 1. The van der Waals surface area contributed by atoms with Gasteiger partial charge in [0, 0.05) is 6.20 Å². The molecule has 1 aromatic carbocycles. The molecule has 4 nitrogen and oxygen atoms in total. The van der Waals surface area contributed by atoms with Crippen molar-refractivity contribution in [3.05, 3.63) is 53.9 Å². The van der Waals surface area contributed by atoms with Gasteiger partial charge < -0.3 is 10.5 Å². The first kappa shape index (κ1) is 13.9. The summed E-state index contributed by atoms with van der Waals surface area (Å²) in [6.07, 6.45) is -1.75. The minimum absolute atomic E-state index is 0.00433. The quantitative estimate of drug-likeness (QED) is 0.670. The number of hydrogen-bond donors (Lipinski definition) is 2. The molecule has 0 aliphatic heterocycles. The Balaban J connectivity index is 2.34. The summed E-state index contributed by atoms with van der Waals surface area (Å²) in [4.78, 5) is 3.80. The van der Waals surface area contributed by atoms with Crippen LogP contribution in [0.3, 0.4) is 0 Å². The van der Waals surface area contributed by atoms with Crippen molar-refractivity contribution in [2.24, 2.45) is 5.73 Å². The van der Waals surface area contributed by atoms with Crippen LogP contribution in [0.1, 0.15) is 11.1 Å². The highest BCUT2D eigenvalue weighted by Crippen LogP contribution is 2.33. The SMILES string of the molecule is N=C(N)c1ccncc1Oc1cccc(C(F)(F)F)c1. The van der Waals surface area contributed by atoms with E-state index in [0.717, 1.165) is 12.1 Å². The minimum atomic E-state index is -4.45. The normalized spacial score (nSPS) is 11.2. The molecule has 2 rings (SSSR count). The lowest BCUT2D eigenvalue weighted by atomic mass is 10.2. The highest BCUT2D eigenvalue weighted by Gasteiger charge is 2.30. The lowest BCUT2D eigenvalue weighted by Crippen LogP contribution is -2.12. The number of nitrogens with zero attached hydrogens (tertiary/aromatic N) is 1. The van der Waals surface area contributed by atoms with Crippen LogP contribution in [0.2, 0.25) is 0 Å². The largest absolute Gasteiger partial charge is 0.455 e. The number of rotatable bonds is 3. The van der Waals surface area contributed by atoms with Crippen molar-refractivity contribution in [3.63, 3.8) is 0 Å². The van der Waals surface area contributed by atoms with Crippen LogP contribution in [-0.2, 0) is 6.18 Å². The number of halogens is 3. The number of nitrogens with two attached hydrogens (primary N) is 1. The van der Waals surface area contributed by atoms with Crippen LogP contribution in [-0.4, -0.2) is 10.8 Å². The second-order valence-electron chi connectivity index (χ2n) is 3.91. The standard InChI is InChI=1S/C13H10F3N3O/c14-13(15,16)8-2-1-3-9(6-8)20-11-7-19-5-4-10(11)12(17)18/h1-7H,(H3,17,18). The van der Waals surface area contributed by atoms with Gasteiger partial charge in [0.05, 0.1) is 17.3 Å². The predicted octanol–water partition coefficient (Wildman–Crippen LogP) is 3.18. The minimum Gasteiger partial charge on any atom is -0.455 e. The molecule has 0 amide bonds. The van der Waals surface area contributed by atoms with E-state index in [1.54, 1.807) is 0 Å². The van der Waals surface area contributed by atoms with Gasteiger partial charge in [-0.1, -0.05) is 6.07 Å². The maximum Gasteiger partial charge on any atom is 0.416 e. The summed E-state index contributed by atoms with van der Waals surface area (Å²) < 4.78 is 43.1. The smallest absolute Gasteiger partial charge is 0.416 e. The van der Waals surface area contributed by atoms with E-state index in [4.69, 9.17) is 15.9 Å². The van der Waals surface area contributed by atoms with Crippen molar-refractivity contribution in [1.29, 1.82) is 5.41 Å². The van der Waals surface area contributed by atoms with Gasteiger partial charge in [-0.25, -0.2) is 0 Å². The molecule has 1 aromatic heterocycles. The Labute approximate surface area is 112 Å². The number of aromatic nitrogens is 1. The van der Waals surface area contributed by atoms with Gasteiger partial charge >= 0.3 is 6.18 Å². The summed E-state index contributed by atoms with van der Waals surface area (Å²) in [5, 5.41) is 7.37. The van der Waals surface area contributed by atoms with E-state index < -0.39 is 11.7 Å². The van der Waals surface area contributed by atoms with E-state index in [1.807, 2.05) is 0 Å². The van der Waals surface area contributed by atoms with Crippen LogP contribution < -0.4 is 10.5 Å². The monoisotopic (exact) mass is 281 g/mol. The van der Waals surface area contributed by atoms with E-state index in [2.05, 4.69) is 4.98 Å². The lowest BCUT2D eigenvalue weighted by molar-refractivity contribution is -0.137. The van der Waals surface area contributed by atoms with E-state index in [0.29, 0.717) is 0 Å². The number of nitrogens with one attached hydrogen (secondary N) is 1. The molecule has 104 valence electrons. The Morgan fingerprint density at radius 3 is 2.65 bits per heavy atom. The van der Waals surface area contributed by atoms with Gasteiger partial charge in [0.2, 0.25) is 0 Å². The molecule has 0 radical (unpaired) electrons. The topological polar surface area (TPSA) is 72.0 Å². The summed E-state index contributed by atoms with van der Waals surface area (Å²) in [5.41, 5.74) is 4.81. The average molecular weight is 281 g/mol. The van der Waals surface area contributed by atoms with Crippen molar-refractivity contribution < 1.29 is 17.9 Å². The molecule has 0 saturated heterocycles. The van der Waals surface area contributed by atoms with Crippen LogP contribution in [0.25, 0.3) is 0 Å². The molecule has 0 fully saturated rings. The second kappa shape index (κ2) is 5.20. The molecule has 0 spiro atoms. The molecule has 0 aliphatic rings. The molecule has 7 heteroatoms. The number of benzene rings is 1. The summed E-state index contributed by atoms with van der Waals surface area (Å²) in [7, 11) is 0. The van der Waals surface area contributed by atoms with Crippen LogP contribution >= 0.6 is 0 Å². The van der Waals surface area contributed by atoms with Gasteiger partial charge in [-0.15, -0.1) is 0 Å². The number of nitrogen functional groups attached to an aromatic ring is 1. The summed E-state index contributed by atoms with van der Waals surface area (Å²) >= 11 is 0. The molecule has 0 atom stereocenters. The fraction of sp³-hybridized carbons (Fsp3) is 0.0769. The van der Waals surface area contributed by atoms with E-state index in [-0.39, 0.29) is 22.9 Å². The zero-order chi connectivity index (χ0) is 14.8. The molecule has 0 unspecified atom stereocenters. The maximum atomic E-state index is 12.6. The van der Waals surface area contributed by atoms with Gasteiger partial charge in [0.25, 0.3) is 0 Å². The Bertz CT molecular complexity index is 641. The number of hydrogen-bond acceptors (Lipinski definition) is 3. The first-order valence-electron chi connectivity index (χ1n) is 5.51. The number of ether oxygens (including phenoxy) is 1. The van der Waals surface area contributed by atoms with Crippen molar-refractivity contribution in [3.8, 4) is 11.5 Å². The summed E-state index contributed by atoms with van der Waals surface area (Å²) in [5.74, 6) is -0.135. The summed E-state index contributed by atoms with van der Waals surface area (Å²) in [6, 6.07) is 5.89. The predicted molar refractivity (Wildman–Crippen MR) is 66.8 cm³/mol. The van der Waals surface area contributed by atoms with E-state index >= 15 is 0 Å². The van der Waals surface area contributed by atoms with Crippen molar-refractivity contribution in [1.82, 2.24) is 4.98 Å². The molecule has 2 aromatic rings. The first-order chi connectivity index (χ1) is 9.38. The van der Waals surface area contributed by atoms with Gasteiger partial charge in [-0.05, 0) is 24.3 Å². The molecular formula is C13H10F3N3O. The molecule has 0 saturated carbocycles. The van der Waals surface area contributed by atoms with Gasteiger partial charge in [0.1, 0.15) is 11.6 Å². The molecule has 0 aliphatic carbocycles. The highest BCUT2D eigenvalue weighted by atomic mass is 19.4. The fourth-order valence-corrected chi connectivity index (χ4v) is 1.55. The lowest BCUT2D eigenvalue weighted by Gasteiger charge is -2.11. The molecule has 0 bridgehead atoms. The highest BCUT2D eigenvalue weighted by molar-refractivity contribution is 5.97. The molecule has 20 heavy (non-hydrogen) atoms. The van der Waals surface area contributed by atoms with Crippen molar-refractivity contribution >= 4 is 5.84 Å². The maximum absolute atomic E-state index is 12.6. The van der Waals surface area contributed by atoms with Gasteiger partial charge in [0.15, 0.2) is 5.75 Å². The number of alkyl halides is 3. The molecule has 3 N–H and O–H groups in total. The molecular weight excluding hydrogens is 271 g/mol. The third-order valence-electron chi connectivity index (χ3n) is 2.46. The third kappa shape index (κ3) is 3.05. The zero-order valence-electron chi connectivity index (χ0n) is 10.1. The first-order valence-corrected chi connectivity index (χ1v) is 5.51. The second-order valence-corrected chi connectivity index (χ2v) is 3.91. The van der Waals surface area contributed by atoms with Crippen molar-refractivity contribution in [2.45, 2.75) is 6.18 Å². The van der Waals surface area contributed by atoms with E-state index in [9.17, 15) is 13.2 Å². The average Bonchev–Trinajstić information content (AvgIpc) is 2.38. The summed E-state index contributed by atoms with van der Waals surface area (Å²) in [6.45, 7) is 0. The van der Waals surface area contributed by atoms with Crippen LogP contribution in [0.15, 0.2) is 42.7 Å². The Kier molecular flexibility index (Phi) is 3.60. The van der Waals surface area contributed by atoms with Crippen LogP contribution in [0.4, 0.5) is 13.2 Å². The number of pyridine rings is 1. The van der Waals surface area contributed by atoms with E-state index in [1.165, 1.54) is 30.6 Å². The third-order valence-corrected chi connectivity index (χ3v) is 2.46. The Morgan fingerprint density at radius 1 is 1.25 bits per heavy atom.